The van der Waals surface area contributed by atoms with E-state index in [1.165, 1.54) is 22.5 Å². The molecule has 0 amide bonds. The summed E-state index contributed by atoms with van der Waals surface area (Å²) in [6.45, 7) is 1.98. The van der Waals surface area contributed by atoms with E-state index >= 15 is 0 Å². The molecule has 0 aliphatic carbocycles. The van der Waals surface area contributed by atoms with Gasteiger partial charge in [-0.1, -0.05) is 12.1 Å². The SMILES string of the molecule is c1coc(-c2nc(CN3CCCC3c3nc4ccccc4s3)cs2)c1. The third-order valence-electron chi connectivity index (χ3n) is 4.61. The normalized spacial score (nSPS) is 18.3. The lowest BCUT2D eigenvalue weighted by Gasteiger charge is -2.21. The average molecular weight is 367 g/mol. The van der Waals surface area contributed by atoms with Crippen molar-refractivity contribution in [3.63, 3.8) is 0 Å². The molecule has 1 aromatic carbocycles. The summed E-state index contributed by atoms with van der Waals surface area (Å²) in [7, 11) is 0. The van der Waals surface area contributed by atoms with E-state index < -0.39 is 0 Å². The van der Waals surface area contributed by atoms with E-state index in [0.717, 1.165) is 35.1 Å². The molecular formula is C19H17N3OS2. The largest absolute Gasteiger partial charge is 0.462 e. The smallest absolute Gasteiger partial charge is 0.162 e. The topological polar surface area (TPSA) is 42.2 Å². The quantitative estimate of drug-likeness (QED) is 0.488. The number of benzene rings is 1. The van der Waals surface area contributed by atoms with Crippen LogP contribution in [0.3, 0.4) is 0 Å². The first-order valence-electron chi connectivity index (χ1n) is 8.44. The standard InChI is InChI=1S/C19H17N3OS2/c1-2-8-17-14(5-1)21-18(25-17)15-6-3-9-22(15)11-13-12-24-19(20-13)16-7-4-10-23-16/h1-2,4-5,7-8,10,12,15H,3,6,9,11H2. The number of rotatable bonds is 4. The zero-order valence-electron chi connectivity index (χ0n) is 13.6. The van der Waals surface area contributed by atoms with E-state index in [2.05, 4.69) is 34.5 Å². The molecule has 4 heterocycles. The number of fused-ring (bicyclic) bond motifs is 1. The van der Waals surface area contributed by atoms with Crippen molar-refractivity contribution in [3.05, 3.63) is 58.7 Å². The molecule has 1 aliphatic heterocycles. The summed E-state index contributed by atoms with van der Waals surface area (Å²) >= 11 is 3.47. The molecule has 126 valence electrons. The Hall–Kier alpha value is -2.02. The van der Waals surface area contributed by atoms with Crippen LogP contribution in [0.5, 0.6) is 0 Å². The molecule has 0 bridgehead atoms. The van der Waals surface area contributed by atoms with Gasteiger partial charge in [-0.3, -0.25) is 4.90 Å². The van der Waals surface area contributed by atoms with Crippen LogP contribution >= 0.6 is 22.7 Å². The Morgan fingerprint density at radius 1 is 1.16 bits per heavy atom. The Morgan fingerprint density at radius 3 is 3.00 bits per heavy atom. The van der Waals surface area contributed by atoms with Gasteiger partial charge < -0.3 is 4.42 Å². The van der Waals surface area contributed by atoms with Crippen LogP contribution in [0.2, 0.25) is 0 Å². The van der Waals surface area contributed by atoms with E-state index in [9.17, 15) is 0 Å². The fourth-order valence-electron chi connectivity index (χ4n) is 3.43. The number of para-hydroxylation sites is 1. The second kappa shape index (κ2) is 6.37. The van der Waals surface area contributed by atoms with Gasteiger partial charge in [0.15, 0.2) is 10.8 Å². The van der Waals surface area contributed by atoms with Crippen molar-refractivity contribution >= 4 is 32.9 Å². The van der Waals surface area contributed by atoms with E-state index in [1.54, 1.807) is 17.6 Å². The van der Waals surface area contributed by atoms with Gasteiger partial charge >= 0.3 is 0 Å². The summed E-state index contributed by atoms with van der Waals surface area (Å²) in [6.07, 6.45) is 4.09. The van der Waals surface area contributed by atoms with Gasteiger partial charge in [-0.2, -0.15) is 0 Å². The number of hydrogen-bond donors (Lipinski definition) is 0. The van der Waals surface area contributed by atoms with Crippen molar-refractivity contribution < 1.29 is 4.42 Å². The van der Waals surface area contributed by atoms with Gasteiger partial charge in [-0.25, -0.2) is 9.97 Å². The molecule has 3 aromatic heterocycles. The predicted molar refractivity (Wildman–Crippen MR) is 102 cm³/mol. The zero-order valence-corrected chi connectivity index (χ0v) is 15.2. The Morgan fingerprint density at radius 2 is 2.12 bits per heavy atom. The van der Waals surface area contributed by atoms with Gasteiger partial charge in [0, 0.05) is 11.9 Å². The van der Waals surface area contributed by atoms with Crippen molar-refractivity contribution in [2.75, 3.05) is 6.54 Å². The van der Waals surface area contributed by atoms with Crippen molar-refractivity contribution in [1.82, 2.24) is 14.9 Å². The molecule has 1 unspecified atom stereocenters. The number of hydrogen-bond acceptors (Lipinski definition) is 6. The molecule has 1 aliphatic rings. The molecule has 5 rings (SSSR count). The van der Waals surface area contributed by atoms with Crippen LogP contribution in [-0.4, -0.2) is 21.4 Å². The molecule has 0 N–H and O–H groups in total. The summed E-state index contributed by atoms with van der Waals surface area (Å²) < 4.78 is 6.73. The average Bonchev–Trinajstić information content (AvgIpc) is 3.41. The molecular weight excluding hydrogens is 350 g/mol. The highest BCUT2D eigenvalue weighted by Crippen LogP contribution is 2.37. The minimum atomic E-state index is 0.408. The Bertz CT molecular complexity index is 956. The Labute approximate surface area is 153 Å². The van der Waals surface area contributed by atoms with Gasteiger partial charge in [0.05, 0.1) is 28.2 Å². The highest BCUT2D eigenvalue weighted by atomic mass is 32.1. The van der Waals surface area contributed by atoms with Crippen molar-refractivity contribution in [1.29, 1.82) is 0 Å². The zero-order chi connectivity index (χ0) is 16.6. The lowest BCUT2D eigenvalue weighted by atomic mass is 10.2. The fraction of sp³-hybridized carbons (Fsp3) is 0.263. The van der Waals surface area contributed by atoms with Crippen LogP contribution in [0.4, 0.5) is 0 Å². The second-order valence-corrected chi connectivity index (χ2v) is 8.19. The minimum absolute atomic E-state index is 0.408. The van der Waals surface area contributed by atoms with Gasteiger partial charge in [-0.15, -0.1) is 22.7 Å². The number of furan rings is 1. The summed E-state index contributed by atoms with van der Waals surface area (Å²) in [6, 6.07) is 12.7. The molecule has 4 aromatic rings. The van der Waals surface area contributed by atoms with Crippen LogP contribution in [0.1, 0.15) is 29.6 Å². The third kappa shape index (κ3) is 2.90. The molecule has 6 heteroatoms. The Kier molecular flexibility index (Phi) is 3.88. The molecule has 0 spiro atoms. The van der Waals surface area contributed by atoms with Crippen LogP contribution in [0.15, 0.2) is 52.5 Å². The monoisotopic (exact) mass is 367 g/mol. The highest BCUT2D eigenvalue weighted by Gasteiger charge is 2.29. The van der Waals surface area contributed by atoms with Crippen LogP contribution in [0, 0.1) is 0 Å². The maximum atomic E-state index is 5.45. The molecule has 1 fully saturated rings. The van der Waals surface area contributed by atoms with Gasteiger partial charge in [0.2, 0.25) is 0 Å². The first-order valence-corrected chi connectivity index (χ1v) is 10.1. The van der Waals surface area contributed by atoms with Crippen molar-refractivity contribution in [3.8, 4) is 10.8 Å². The van der Waals surface area contributed by atoms with Crippen LogP contribution in [-0.2, 0) is 6.54 Å². The van der Waals surface area contributed by atoms with Gasteiger partial charge in [-0.05, 0) is 43.7 Å². The maximum Gasteiger partial charge on any atom is 0.162 e. The maximum absolute atomic E-state index is 5.45. The van der Waals surface area contributed by atoms with Crippen molar-refractivity contribution in [2.24, 2.45) is 0 Å². The Balaban J connectivity index is 1.38. The highest BCUT2D eigenvalue weighted by molar-refractivity contribution is 7.18. The van der Waals surface area contributed by atoms with Gasteiger partial charge in [0.1, 0.15) is 5.01 Å². The molecule has 0 radical (unpaired) electrons. The second-order valence-electron chi connectivity index (χ2n) is 6.27. The number of likely N-dealkylation sites (tertiary alicyclic amines) is 1. The fourth-order valence-corrected chi connectivity index (χ4v) is 5.34. The number of nitrogens with zero attached hydrogens (tertiary/aromatic N) is 3. The van der Waals surface area contributed by atoms with Crippen LogP contribution in [0.25, 0.3) is 21.0 Å². The van der Waals surface area contributed by atoms with E-state index in [1.807, 2.05) is 23.5 Å². The van der Waals surface area contributed by atoms with Crippen LogP contribution < -0.4 is 0 Å². The van der Waals surface area contributed by atoms with E-state index in [-0.39, 0.29) is 0 Å². The van der Waals surface area contributed by atoms with Gasteiger partial charge in [0.25, 0.3) is 0 Å². The molecule has 1 saturated heterocycles. The minimum Gasteiger partial charge on any atom is -0.462 e. The van der Waals surface area contributed by atoms with E-state index in [4.69, 9.17) is 14.4 Å². The number of aromatic nitrogens is 2. The predicted octanol–water partition coefficient (Wildman–Crippen LogP) is 5.35. The lowest BCUT2D eigenvalue weighted by Crippen LogP contribution is -2.22. The molecule has 0 saturated carbocycles. The lowest BCUT2D eigenvalue weighted by molar-refractivity contribution is 0.246. The van der Waals surface area contributed by atoms with E-state index in [0.29, 0.717) is 6.04 Å². The summed E-state index contributed by atoms with van der Waals surface area (Å²) in [5, 5.41) is 4.34. The summed E-state index contributed by atoms with van der Waals surface area (Å²) in [5.74, 6) is 0.848. The molecule has 1 atom stereocenters. The first kappa shape index (κ1) is 15.3. The first-order chi connectivity index (χ1) is 12.4. The summed E-state index contributed by atoms with van der Waals surface area (Å²) in [4.78, 5) is 12.1. The number of thiazole rings is 2. The third-order valence-corrected chi connectivity index (χ3v) is 6.65. The summed E-state index contributed by atoms with van der Waals surface area (Å²) in [5.41, 5.74) is 2.23. The van der Waals surface area contributed by atoms with Crippen molar-refractivity contribution in [2.45, 2.75) is 25.4 Å². The molecule has 4 nitrogen and oxygen atoms in total. The molecule has 25 heavy (non-hydrogen) atoms.